The highest BCUT2D eigenvalue weighted by molar-refractivity contribution is 6.00. The van der Waals surface area contributed by atoms with Crippen molar-refractivity contribution >= 4 is 23.2 Å². The van der Waals surface area contributed by atoms with Crippen LogP contribution in [0.1, 0.15) is 24.4 Å². The number of piperidine rings is 1. The molecule has 1 heterocycles. The van der Waals surface area contributed by atoms with Gasteiger partial charge in [0.2, 0.25) is 11.8 Å². The van der Waals surface area contributed by atoms with E-state index < -0.39 is 12.0 Å². The van der Waals surface area contributed by atoms with Crippen LogP contribution in [0.5, 0.6) is 11.5 Å². The summed E-state index contributed by atoms with van der Waals surface area (Å²) in [5, 5.41) is 2.95. The fraction of sp³-hybridized carbons (Fsp3) is 0.231. The van der Waals surface area contributed by atoms with E-state index in [2.05, 4.69) is 5.32 Å². The number of halogens is 1. The zero-order chi connectivity index (χ0) is 23.4. The van der Waals surface area contributed by atoms with E-state index in [9.17, 15) is 14.0 Å². The van der Waals surface area contributed by atoms with Crippen LogP contribution in [0.3, 0.4) is 0 Å². The predicted molar refractivity (Wildman–Crippen MR) is 124 cm³/mol. The Morgan fingerprint density at radius 3 is 2.33 bits per heavy atom. The average molecular weight is 448 g/mol. The molecule has 1 aliphatic heterocycles. The molecule has 4 rings (SSSR count). The lowest BCUT2D eigenvalue weighted by atomic mass is 9.83. The van der Waals surface area contributed by atoms with Crippen LogP contribution in [-0.2, 0) is 9.59 Å². The Morgan fingerprint density at radius 1 is 0.970 bits per heavy atom. The summed E-state index contributed by atoms with van der Waals surface area (Å²) in [6.07, 6.45) is 0.586. The standard InChI is InChI=1S/C26H25FN2O4/c1-32-20-13-11-19(12-14-20)29-24(30)16-15-21(25(29)17-7-9-18(27)10-8-17)26(31)28-22-5-3-4-6-23(22)33-2/h3-14,21,25H,15-16H2,1-2H3,(H,28,31). The Labute approximate surface area is 191 Å². The molecule has 0 saturated carbocycles. The van der Waals surface area contributed by atoms with Gasteiger partial charge >= 0.3 is 0 Å². The molecule has 3 aromatic carbocycles. The molecule has 0 radical (unpaired) electrons. The SMILES string of the molecule is COc1ccc(N2C(=O)CCC(C(=O)Nc3ccccc3OC)C2c2ccc(F)cc2)cc1. The van der Waals surface area contributed by atoms with Crippen LogP contribution in [-0.4, -0.2) is 26.0 Å². The topological polar surface area (TPSA) is 67.9 Å². The molecule has 33 heavy (non-hydrogen) atoms. The largest absolute Gasteiger partial charge is 0.497 e. The number of hydrogen-bond acceptors (Lipinski definition) is 4. The molecular weight excluding hydrogens is 423 g/mol. The van der Waals surface area contributed by atoms with Crippen molar-refractivity contribution in [2.24, 2.45) is 5.92 Å². The van der Waals surface area contributed by atoms with E-state index in [1.165, 1.54) is 19.2 Å². The van der Waals surface area contributed by atoms with E-state index >= 15 is 0 Å². The minimum absolute atomic E-state index is 0.101. The van der Waals surface area contributed by atoms with Crippen LogP contribution in [0.4, 0.5) is 15.8 Å². The van der Waals surface area contributed by atoms with Crippen LogP contribution in [0, 0.1) is 11.7 Å². The fourth-order valence-corrected chi connectivity index (χ4v) is 4.23. The van der Waals surface area contributed by atoms with Crippen molar-refractivity contribution in [3.8, 4) is 11.5 Å². The first-order chi connectivity index (χ1) is 16.0. The van der Waals surface area contributed by atoms with Crippen LogP contribution in [0.2, 0.25) is 0 Å². The average Bonchev–Trinajstić information content (AvgIpc) is 2.84. The summed E-state index contributed by atoms with van der Waals surface area (Å²) in [6.45, 7) is 0. The first kappa shape index (κ1) is 22.3. The number of para-hydroxylation sites is 2. The summed E-state index contributed by atoms with van der Waals surface area (Å²) < 4.78 is 24.3. The number of hydrogen-bond donors (Lipinski definition) is 1. The van der Waals surface area contributed by atoms with Crippen molar-refractivity contribution in [2.45, 2.75) is 18.9 Å². The third kappa shape index (κ3) is 4.67. The van der Waals surface area contributed by atoms with Gasteiger partial charge < -0.3 is 19.7 Å². The van der Waals surface area contributed by atoms with Gasteiger partial charge in [-0.1, -0.05) is 24.3 Å². The number of nitrogens with one attached hydrogen (secondary N) is 1. The number of ether oxygens (including phenoxy) is 2. The highest BCUT2D eigenvalue weighted by atomic mass is 19.1. The van der Waals surface area contributed by atoms with E-state index in [0.717, 1.165) is 0 Å². The molecule has 2 atom stereocenters. The Bertz CT molecular complexity index is 1130. The third-order valence-electron chi connectivity index (χ3n) is 5.86. The van der Waals surface area contributed by atoms with Gasteiger partial charge in [-0.05, 0) is 60.5 Å². The first-order valence-electron chi connectivity index (χ1n) is 10.7. The molecule has 0 aromatic heterocycles. The molecule has 1 aliphatic rings. The van der Waals surface area contributed by atoms with Crippen molar-refractivity contribution in [1.82, 2.24) is 0 Å². The molecule has 6 nitrogen and oxygen atoms in total. The Morgan fingerprint density at radius 2 is 1.67 bits per heavy atom. The molecule has 1 saturated heterocycles. The second-order valence-corrected chi connectivity index (χ2v) is 7.79. The van der Waals surface area contributed by atoms with Gasteiger partial charge in [0.05, 0.1) is 31.9 Å². The van der Waals surface area contributed by atoms with Gasteiger partial charge in [0.25, 0.3) is 0 Å². The number of nitrogens with zero attached hydrogens (tertiary/aromatic N) is 1. The van der Waals surface area contributed by atoms with E-state index in [-0.39, 0.29) is 24.1 Å². The number of amides is 2. The van der Waals surface area contributed by atoms with E-state index in [1.807, 2.05) is 12.1 Å². The maximum absolute atomic E-state index is 13.7. The van der Waals surface area contributed by atoms with E-state index in [1.54, 1.807) is 60.5 Å². The molecule has 0 aliphatic carbocycles. The maximum Gasteiger partial charge on any atom is 0.230 e. The number of carbonyl (C=O) groups excluding carboxylic acids is 2. The Kier molecular flexibility index (Phi) is 6.58. The Balaban J connectivity index is 1.73. The summed E-state index contributed by atoms with van der Waals surface area (Å²) in [5.41, 5.74) is 1.88. The van der Waals surface area contributed by atoms with E-state index in [0.29, 0.717) is 34.9 Å². The van der Waals surface area contributed by atoms with Crippen molar-refractivity contribution in [3.63, 3.8) is 0 Å². The molecule has 2 unspecified atom stereocenters. The summed E-state index contributed by atoms with van der Waals surface area (Å²) in [6, 6.07) is 19.6. The van der Waals surface area contributed by atoms with Crippen LogP contribution in [0.25, 0.3) is 0 Å². The molecule has 0 spiro atoms. The number of anilines is 2. The zero-order valence-corrected chi connectivity index (χ0v) is 18.5. The normalized spacial score (nSPS) is 18.0. The fourth-order valence-electron chi connectivity index (χ4n) is 4.23. The molecule has 0 bridgehead atoms. The molecule has 1 N–H and O–H groups in total. The number of methoxy groups -OCH3 is 2. The number of carbonyl (C=O) groups is 2. The number of rotatable bonds is 6. The predicted octanol–water partition coefficient (Wildman–Crippen LogP) is 4.97. The van der Waals surface area contributed by atoms with Crippen LogP contribution in [0.15, 0.2) is 72.8 Å². The van der Waals surface area contributed by atoms with Crippen LogP contribution >= 0.6 is 0 Å². The van der Waals surface area contributed by atoms with Crippen molar-refractivity contribution in [3.05, 3.63) is 84.2 Å². The van der Waals surface area contributed by atoms with Gasteiger partial charge in [-0.2, -0.15) is 0 Å². The maximum atomic E-state index is 13.7. The highest BCUT2D eigenvalue weighted by Crippen LogP contribution is 2.41. The Hall–Kier alpha value is -3.87. The lowest BCUT2D eigenvalue weighted by Crippen LogP contribution is -2.47. The summed E-state index contributed by atoms with van der Waals surface area (Å²) in [5.74, 6) is -0.0714. The molecule has 1 fully saturated rings. The summed E-state index contributed by atoms with van der Waals surface area (Å²) in [7, 11) is 3.11. The van der Waals surface area contributed by atoms with Crippen molar-refractivity contribution in [2.75, 3.05) is 24.4 Å². The molecule has 2 amide bonds. The van der Waals surface area contributed by atoms with Crippen molar-refractivity contribution < 1.29 is 23.5 Å². The van der Waals surface area contributed by atoms with Gasteiger partial charge in [0.15, 0.2) is 0 Å². The van der Waals surface area contributed by atoms with Gasteiger partial charge in [0, 0.05) is 12.1 Å². The van der Waals surface area contributed by atoms with E-state index in [4.69, 9.17) is 9.47 Å². The van der Waals surface area contributed by atoms with Crippen molar-refractivity contribution in [1.29, 1.82) is 0 Å². The lowest BCUT2D eigenvalue weighted by molar-refractivity contribution is -0.125. The second kappa shape index (κ2) is 9.73. The van der Waals surface area contributed by atoms with Gasteiger partial charge in [-0.25, -0.2) is 4.39 Å². The van der Waals surface area contributed by atoms with Crippen LogP contribution < -0.4 is 19.7 Å². The highest BCUT2D eigenvalue weighted by Gasteiger charge is 2.41. The molecule has 7 heteroatoms. The smallest absolute Gasteiger partial charge is 0.230 e. The van der Waals surface area contributed by atoms with Gasteiger partial charge in [0.1, 0.15) is 17.3 Å². The minimum atomic E-state index is -0.602. The minimum Gasteiger partial charge on any atom is -0.497 e. The third-order valence-corrected chi connectivity index (χ3v) is 5.86. The quantitative estimate of drug-likeness (QED) is 0.578. The zero-order valence-electron chi connectivity index (χ0n) is 18.5. The molecule has 170 valence electrons. The monoisotopic (exact) mass is 448 g/mol. The lowest BCUT2D eigenvalue weighted by Gasteiger charge is -2.41. The second-order valence-electron chi connectivity index (χ2n) is 7.79. The first-order valence-corrected chi connectivity index (χ1v) is 10.7. The van der Waals surface area contributed by atoms with Gasteiger partial charge in [-0.3, -0.25) is 9.59 Å². The molecule has 3 aromatic rings. The summed E-state index contributed by atoms with van der Waals surface area (Å²) in [4.78, 5) is 28.2. The summed E-state index contributed by atoms with van der Waals surface area (Å²) >= 11 is 0. The van der Waals surface area contributed by atoms with Gasteiger partial charge in [-0.15, -0.1) is 0 Å². The molecular formula is C26H25FN2O4. The number of benzene rings is 3.